The lowest BCUT2D eigenvalue weighted by Crippen LogP contribution is -2.24. The van der Waals surface area contributed by atoms with Crippen LogP contribution in [0.5, 0.6) is 0 Å². The minimum absolute atomic E-state index is 0.234. The van der Waals surface area contributed by atoms with Gasteiger partial charge in [-0.3, -0.25) is 5.10 Å². The van der Waals surface area contributed by atoms with Gasteiger partial charge in [0.1, 0.15) is 5.82 Å². The zero-order valence-corrected chi connectivity index (χ0v) is 10.5. The van der Waals surface area contributed by atoms with Crippen molar-refractivity contribution in [3.63, 3.8) is 0 Å². The van der Waals surface area contributed by atoms with Gasteiger partial charge in [-0.1, -0.05) is 19.8 Å². The summed E-state index contributed by atoms with van der Waals surface area (Å²) in [4.78, 5) is 0. The van der Waals surface area contributed by atoms with Crippen LogP contribution in [0.25, 0.3) is 0 Å². The number of nitrogens with one attached hydrogen (secondary N) is 1. The summed E-state index contributed by atoms with van der Waals surface area (Å²) in [5, 5.41) is 7.37. The molecular weight excluding hydrogens is 206 g/mol. The molecule has 15 heavy (non-hydrogen) atoms. The van der Waals surface area contributed by atoms with Gasteiger partial charge in [-0.05, 0) is 38.9 Å². The summed E-state index contributed by atoms with van der Waals surface area (Å²) in [5.41, 5.74) is 0.234. The fourth-order valence-electron chi connectivity index (χ4n) is 2.59. The highest BCUT2D eigenvalue weighted by Gasteiger charge is 2.35. The Morgan fingerprint density at radius 3 is 2.53 bits per heavy atom. The number of rotatable bonds is 2. The van der Waals surface area contributed by atoms with E-state index in [0.717, 1.165) is 10.6 Å². The van der Waals surface area contributed by atoms with Gasteiger partial charge in [0.15, 0.2) is 4.77 Å². The topological polar surface area (TPSA) is 33.6 Å². The van der Waals surface area contributed by atoms with Crippen LogP contribution in [0.1, 0.15) is 58.3 Å². The van der Waals surface area contributed by atoms with Gasteiger partial charge in [-0.2, -0.15) is 5.10 Å². The fraction of sp³-hybridized carbons (Fsp3) is 0.818. The highest BCUT2D eigenvalue weighted by molar-refractivity contribution is 7.71. The van der Waals surface area contributed by atoms with Crippen LogP contribution in [0, 0.1) is 4.77 Å². The van der Waals surface area contributed by atoms with E-state index in [2.05, 4.69) is 35.5 Å². The monoisotopic (exact) mass is 225 g/mol. The highest BCUT2D eigenvalue weighted by Crippen LogP contribution is 2.40. The van der Waals surface area contributed by atoms with Crippen LogP contribution in [0.4, 0.5) is 0 Å². The molecule has 0 amide bonds. The Labute approximate surface area is 95.9 Å². The van der Waals surface area contributed by atoms with Crippen LogP contribution in [0.2, 0.25) is 0 Å². The molecule has 0 aliphatic heterocycles. The summed E-state index contributed by atoms with van der Waals surface area (Å²) < 4.78 is 2.92. The van der Waals surface area contributed by atoms with Crippen LogP contribution in [0.3, 0.4) is 0 Å². The lowest BCUT2D eigenvalue weighted by molar-refractivity contribution is 0.412. The summed E-state index contributed by atoms with van der Waals surface area (Å²) in [6.45, 7) is 6.63. The van der Waals surface area contributed by atoms with Gasteiger partial charge in [-0.15, -0.1) is 0 Å². The number of hydrogen-bond acceptors (Lipinski definition) is 2. The van der Waals surface area contributed by atoms with E-state index in [1.807, 2.05) is 0 Å². The lowest BCUT2D eigenvalue weighted by atomic mass is 9.87. The smallest absolute Gasteiger partial charge is 0.195 e. The molecule has 0 spiro atoms. The molecule has 0 saturated heterocycles. The summed E-state index contributed by atoms with van der Waals surface area (Å²) >= 11 is 5.28. The maximum absolute atomic E-state index is 5.28. The summed E-state index contributed by atoms with van der Waals surface area (Å²) in [5.74, 6) is 1.15. The normalized spacial score (nSPS) is 20.0. The third-order valence-electron chi connectivity index (χ3n) is 3.47. The van der Waals surface area contributed by atoms with E-state index in [4.69, 9.17) is 12.2 Å². The lowest BCUT2D eigenvalue weighted by Gasteiger charge is -2.24. The SMILES string of the molecule is CC(C)n1c(C2(C)CCCC2)n[nH]c1=S. The average Bonchev–Trinajstić information content (AvgIpc) is 2.72. The third kappa shape index (κ3) is 1.75. The first-order valence-electron chi connectivity index (χ1n) is 5.72. The van der Waals surface area contributed by atoms with Crippen molar-refractivity contribution in [2.24, 2.45) is 0 Å². The Morgan fingerprint density at radius 1 is 1.40 bits per heavy atom. The Morgan fingerprint density at radius 2 is 2.00 bits per heavy atom. The van der Waals surface area contributed by atoms with Gasteiger partial charge >= 0.3 is 0 Å². The first kappa shape index (κ1) is 10.9. The van der Waals surface area contributed by atoms with Gasteiger partial charge in [-0.25, -0.2) is 0 Å². The van der Waals surface area contributed by atoms with Crippen molar-refractivity contribution in [2.75, 3.05) is 0 Å². The van der Waals surface area contributed by atoms with Crippen LogP contribution < -0.4 is 0 Å². The second kappa shape index (κ2) is 3.74. The van der Waals surface area contributed by atoms with E-state index in [0.29, 0.717) is 6.04 Å². The molecular formula is C11H19N3S. The zero-order chi connectivity index (χ0) is 11.1. The summed E-state index contributed by atoms with van der Waals surface area (Å²) in [7, 11) is 0. The van der Waals surface area contributed by atoms with E-state index in [1.54, 1.807) is 0 Å². The molecule has 1 saturated carbocycles. The second-order valence-corrected chi connectivity index (χ2v) is 5.47. The minimum atomic E-state index is 0.234. The maximum atomic E-state index is 5.28. The molecule has 1 aromatic rings. The largest absolute Gasteiger partial charge is 0.301 e. The van der Waals surface area contributed by atoms with Crippen molar-refractivity contribution in [1.29, 1.82) is 0 Å². The molecule has 1 fully saturated rings. The molecule has 1 N–H and O–H groups in total. The van der Waals surface area contributed by atoms with E-state index in [1.165, 1.54) is 25.7 Å². The van der Waals surface area contributed by atoms with E-state index in [-0.39, 0.29) is 5.41 Å². The summed E-state index contributed by atoms with van der Waals surface area (Å²) in [6, 6.07) is 0.392. The van der Waals surface area contributed by atoms with Gasteiger partial charge in [0.05, 0.1) is 0 Å². The molecule has 0 radical (unpaired) electrons. The molecule has 0 bridgehead atoms. The molecule has 2 rings (SSSR count). The molecule has 0 aromatic carbocycles. The van der Waals surface area contributed by atoms with Crippen molar-refractivity contribution in [3.05, 3.63) is 10.6 Å². The number of aromatic amines is 1. The van der Waals surface area contributed by atoms with Crippen molar-refractivity contribution in [1.82, 2.24) is 14.8 Å². The standard InChI is InChI=1S/C11H19N3S/c1-8(2)14-9(12-13-10(14)15)11(3)6-4-5-7-11/h8H,4-7H2,1-3H3,(H,13,15). The third-order valence-corrected chi connectivity index (χ3v) is 3.76. The molecule has 84 valence electrons. The molecule has 1 heterocycles. The average molecular weight is 225 g/mol. The Hall–Kier alpha value is -0.640. The van der Waals surface area contributed by atoms with E-state index in [9.17, 15) is 0 Å². The number of H-pyrrole nitrogens is 1. The predicted octanol–water partition coefficient (Wildman–Crippen LogP) is 3.35. The quantitative estimate of drug-likeness (QED) is 0.783. The first-order valence-corrected chi connectivity index (χ1v) is 6.13. The molecule has 1 aromatic heterocycles. The van der Waals surface area contributed by atoms with Crippen LogP contribution in [-0.4, -0.2) is 14.8 Å². The predicted molar refractivity (Wildman–Crippen MR) is 63.6 cm³/mol. The van der Waals surface area contributed by atoms with Crippen molar-refractivity contribution in [3.8, 4) is 0 Å². The number of aromatic nitrogens is 3. The van der Waals surface area contributed by atoms with Gasteiger partial charge < -0.3 is 4.57 Å². The molecule has 0 unspecified atom stereocenters. The van der Waals surface area contributed by atoms with Crippen molar-refractivity contribution < 1.29 is 0 Å². The number of nitrogens with zero attached hydrogens (tertiary/aromatic N) is 2. The maximum Gasteiger partial charge on any atom is 0.195 e. The fourth-order valence-corrected chi connectivity index (χ4v) is 2.93. The van der Waals surface area contributed by atoms with Crippen LogP contribution in [-0.2, 0) is 5.41 Å². The first-order chi connectivity index (χ1) is 7.04. The zero-order valence-electron chi connectivity index (χ0n) is 9.71. The van der Waals surface area contributed by atoms with Gasteiger partial charge in [0.25, 0.3) is 0 Å². The van der Waals surface area contributed by atoms with Crippen molar-refractivity contribution in [2.45, 2.75) is 57.9 Å². The van der Waals surface area contributed by atoms with E-state index >= 15 is 0 Å². The van der Waals surface area contributed by atoms with Gasteiger partial charge in [0, 0.05) is 11.5 Å². The highest BCUT2D eigenvalue weighted by atomic mass is 32.1. The molecule has 1 aliphatic rings. The van der Waals surface area contributed by atoms with E-state index < -0.39 is 0 Å². The van der Waals surface area contributed by atoms with Crippen LogP contribution >= 0.6 is 12.2 Å². The minimum Gasteiger partial charge on any atom is -0.301 e. The second-order valence-electron chi connectivity index (χ2n) is 5.08. The Kier molecular flexibility index (Phi) is 2.71. The Bertz CT molecular complexity index is 396. The number of hydrogen-bond donors (Lipinski definition) is 1. The molecule has 3 nitrogen and oxygen atoms in total. The van der Waals surface area contributed by atoms with Gasteiger partial charge in [0.2, 0.25) is 0 Å². The van der Waals surface area contributed by atoms with Crippen LogP contribution in [0.15, 0.2) is 0 Å². The molecule has 1 aliphatic carbocycles. The Balaban J connectivity index is 2.48. The molecule has 0 atom stereocenters. The molecule has 4 heteroatoms. The summed E-state index contributed by atoms with van der Waals surface area (Å²) in [6.07, 6.45) is 5.10. The van der Waals surface area contributed by atoms with Crippen molar-refractivity contribution >= 4 is 12.2 Å².